The Morgan fingerprint density at radius 2 is 1.75 bits per heavy atom. The fourth-order valence-electron chi connectivity index (χ4n) is 3.44. The highest BCUT2D eigenvalue weighted by Gasteiger charge is 2.48. The molecule has 0 aliphatic carbocycles. The molecule has 2 unspecified atom stereocenters. The molecule has 20 heavy (non-hydrogen) atoms. The van der Waals surface area contributed by atoms with Crippen molar-refractivity contribution in [1.82, 2.24) is 0 Å². The topological polar surface area (TPSA) is 75.0 Å². The van der Waals surface area contributed by atoms with Crippen molar-refractivity contribution in [2.45, 2.75) is 36.2 Å². The van der Waals surface area contributed by atoms with Crippen LogP contribution in [0.2, 0.25) is 0 Å². The Balaban J connectivity index is 1.89. The number of Topliss-reactive ketones (excluding diaryl/α,β-unsaturated/α-hetero) is 1. The van der Waals surface area contributed by atoms with Gasteiger partial charge in [0.15, 0.2) is 15.6 Å². The number of sulfone groups is 1. The fraction of sp³-hybridized carbons (Fsp3) is 0.467. The molecule has 104 valence electrons. The lowest BCUT2D eigenvalue weighted by atomic mass is 9.88. The summed E-state index contributed by atoms with van der Waals surface area (Å²) in [6.07, 6.45) is 2.18. The quantitative estimate of drug-likeness (QED) is 0.781. The minimum absolute atomic E-state index is 0.0750. The molecule has 0 N–H and O–H groups in total. The van der Waals surface area contributed by atoms with Crippen LogP contribution in [0, 0.1) is 17.2 Å². The van der Waals surface area contributed by atoms with Gasteiger partial charge in [-0.15, -0.1) is 0 Å². The first-order chi connectivity index (χ1) is 9.54. The van der Waals surface area contributed by atoms with Crippen molar-refractivity contribution in [1.29, 1.82) is 5.26 Å². The number of hydrogen-bond acceptors (Lipinski definition) is 4. The molecule has 0 aromatic heterocycles. The number of carbonyl (C=O) groups is 1. The Labute approximate surface area is 118 Å². The molecule has 5 heteroatoms. The molecule has 0 amide bonds. The van der Waals surface area contributed by atoms with Crippen LogP contribution in [0.4, 0.5) is 0 Å². The Kier molecular flexibility index (Phi) is 3.14. The number of rotatable bonds is 2. The molecular formula is C15H15NO3S. The van der Waals surface area contributed by atoms with E-state index in [4.69, 9.17) is 5.26 Å². The third-order valence-electron chi connectivity index (χ3n) is 4.52. The normalized spacial score (nSPS) is 30.6. The Bertz CT molecular complexity index is 682. The average Bonchev–Trinajstić information content (AvgIpc) is 2.66. The van der Waals surface area contributed by atoms with Gasteiger partial charge in [-0.2, -0.15) is 5.26 Å². The van der Waals surface area contributed by atoms with Gasteiger partial charge in [0.2, 0.25) is 0 Å². The summed E-state index contributed by atoms with van der Waals surface area (Å²) in [5.74, 6) is -0.334. The standard InChI is InChI=1S/C15H15NO3S/c16-9-10-3-1-2-4-14(10)15(17)11-7-12-5-6-13(8-11)20(12,18)19/h1-4,11-13H,5-8H2. The number of ketones is 1. The van der Waals surface area contributed by atoms with Gasteiger partial charge in [0.05, 0.1) is 22.1 Å². The minimum Gasteiger partial charge on any atom is -0.294 e. The van der Waals surface area contributed by atoms with Crippen LogP contribution in [0.3, 0.4) is 0 Å². The van der Waals surface area contributed by atoms with E-state index >= 15 is 0 Å². The number of nitrogens with zero attached hydrogens (tertiary/aromatic N) is 1. The molecule has 2 fully saturated rings. The highest BCUT2D eigenvalue weighted by Crippen LogP contribution is 2.42. The number of nitriles is 1. The molecule has 3 rings (SSSR count). The largest absolute Gasteiger partial charge is 0.294 e. The average molecular weight is 289 g/mol. The predicted molar refractivity (Wildman–Crippen MR) is 73.9 cm³/mol. The van der Waals surface area contributed by atoms with E-state index in [1.165, 1.54) is 0 Å². The monoisotopic (exact) mass is 289 g/mol. The van der Waals surface area contributed by atoms with Crippen molar-refractivity contribution < 1.29 is 13.2 Å². The third kappa shape index (κ3) is 1.95. The van der Waals surface area contributed by atoms with E-state index in [0.717, 1.165) is 0 Å². The molecule has 2 heterocycles. The number of benzene rings is 1. The van der Waals surface area contributed by atoms with Gasteiger partial charge in [0, 0.05) is 11.5 Å². The van der Waals surface area contributed by atoms with Crippen molar-refractivity contribution in [2.75, 3.05) is 0 Å². The fourth-order valence-corrected chi connectivity index (χ4v) is 5.91. The molecule has 0 spiro atoms. The number of carbonyl (C=O) groups excluding carboxylic acids is 1. The molecule has 2 atom stereocenters. The summed E-state index contributed by atoms with van der Waals surface area (Å²) < 4.78 is 24.1. The lowest BCUT2D eigenvalue weighted by Gasteiger charge is -2.27. The van der Waals surface area contributed by atoms with Crippen LogP contribution in [0.25, 0.3) is 0 Å². The van der Waals surface area contributed by atoms with Crippen LogP contribution >= 0.6 is 0 Å². The first-order valence-electron chi connectivity index (χ1n) is 6.80. The molecular weight excluding hydrogens is 274 g/mol. The molecule has 1 aromatic rings. The second-order valence-electron chi connectivity index (χ2n) is 5.60. The molecule has 2 aliphatic rings. The summed E-state index contributed by atoms with van der Waals surface area (Å²) in [4.78, 5) is 12.6. The summed E-state index contributed by atoms with van der Waals surface area (Å²) in [6, 6.07) is 8.78. The molecule has 0 radical (unpaired) electrons. The summed E-state index contributed by atoms with van der Waals surface area (Å²) in [6.45, 7) is 0. The van der Waals surface area contributed by atoms with Crippen LogP contribution in [-0.4, -0.2) is 24.7 Å². The highest BCUT2D eigenvalue weighted by atomic mass is 32.2. The van der Waals surface area contributed by atoms with Crippen molar-refractivity contribution >= 4 is 15.6 Å². The summed E-state index contributed by atoms with van der Waals surface area (Å²) in [5, 5.41) is 8.35. The zero-order valence-electron chi connectivity index (χ0n) is 11.0. The maximum absolute atomic E-state index is 12.6. The van der Waals surface area contributed by atoms with Gasteiger partial charge < -0.3 is 0 Å². The second-order valence-corrected chi connectivity index (χ2v) is 8.11. The van der Waals surface area contributed by atoms with Gasteiger partial charge in [-0.1, -0.05) is 18.2 Å². The molecule has 2 saturated heterocycles. The Morgan fingerprint density at radius 3 is 2.35 bits per heavy atom. The van der Waals surface area contributed by atoms with Crippen LogP contribution in [-0.2, 0) is 9.84 Å². The zero-order valence-corrected chi connectivity index (χ0v) is 11.8. The summed E-state index contributed by atoms with van der Waals surface area (Å²) in [7, 11) is -3.01. The van der Waals surface area contributed by atoms with Gasteiger partial charge in [-0.25, -0.2) is 8.42 Å². The first kappa shape index (κ1) is 13.3. The van der Waals surface area contributed by atoms with Crippen molar-refractivity contribution in [3.8, 4) is 6.07 Å². The first-order valence-corrected chi connectivity index (χ1v) is 8.41. The van der Waals surface area contributed by atoms with E-state index in [1.54, 1.807) is 24.3 Å². The van der Waals surface area contributed by atoms with E-state index < -0.39 is 9.84 Å². The lowest BCUT2D eigenvalue weighted by Crippen LogP contribution is -2.36. The van der Waals surface area contributed by atoms with Crippen LogP contribution in [0.5, 0.6) is 0 Å². The molecule has 2 bridgehead atoms. The van der Waals surface area contributed by atoms with Crippen LogP contribution in [0.15, 0.2) is 24.3 Å². The maximum atomic E-state index is 12.6. The zero-order chi connectivity index (χ0) is 14.3. The number of hydrogen-bond donors (Lipinski definition) is 0. The van der Waals surface area contributed by atoms with E-state index in [1.807, 2.05) is 6.07 Å². The minimum atomic E-state index is -3.01. The van der Waals surface area contributed by atoms with Crippen molar-refractivity contribution in [2.24, 2.45) is 5.92 Å². The van der Waals surface area contributed by atoms with Crippen LogP contribution in [0.1, 0.15) is 41.6 Å². The summed E-state index contributed by atoms with van der Waals surface area (Å²) >= 11 is 0. The van der Waals surface area contributed by atoms with E-state index in [9.17, 15) is 13.2 Å². The lowest BCUT2D eigenvalue weighted by molar-refractivity contribution is 0.0905. The second kappa shape index (κ2) is 4.71. The molecule has 2 aliphatic heterocycles. The Hall–Kier alpha value is -1.67. The van der Waals surface area contributed by atoms with E-state index in [2.05, 4.69) is 0 Å². The molecule has 0 saturated carbocycles. The van der Waals surface area contributed by atoms with Crippen molar-refractivity contribution in [3.63, 3.8) is 0 Å². The smallest absolute Gasteiger partial charge is 0.167 e. The van der Waals surface area contributed by atoms with Gasteiger partial charge in [-0.05, 0) is 31.7 Å². The van der Waals surface area contributed by atoms with Crippen molar-refractivity contribution in [3.05, 3.63) is 35.4 Å². The summed E-state index contributed by atoms with van der Waals surface area (Å²) in [5.41, 5.74) is 0.803. The highest BCUT2D eigenvalue weighted by molar-refractivity contribution is 7.93. The van der Waals surface area contributed by atoms with E-state index in [-0.39, 0.29) is 22.2 Å². The van der Waals surface area contributed by atoms with Gasteiger partial charge >= 0.3 is 0 Å². The third-order valence-corrected chi connectivity index (χ3v) is 7.23. The van der Waals surface area contributed by atoms with Gasteiger partial charge in [0.25, 0.3) is 0 Å². The molecule has 1 aromatic carbocycles. The van der Waals surface area contributed by atoms with Gasteiger partial charge in [0.1, 0.15) is 0 Å². The number of fused-ring (bicyclic) bond motifs is 2. The maximum Gasteiger partial charge on any atom is 0.167 e. The van der Waals surface area contributed by atoms with Gasteiger partial charge in [-0.3, -0.25) is 4.79 Å². The molecule has 4 nitrogen and oxygen atoms in total. The van der Waals surface area contributed by atoms with E-state index in [0.29, 0.717) is 36.8 Å². The Morgan fingerprint density at radius 1 is 1.15 bits per heavy atom. The SMILES string of the molecule is N#Cc1ccccc1C(=O)C1CC2CCC(C1)S2(=O)=O. The predicted octanol–water partition coefficient (Wildman–Crippen LogP) is 2.10. The van der Waals surface area contributed by atoms with Crippen LogP contribution < -0.4 is 0 Å².